The van der Waals surface area contributed by atoms with Crippen molar-refractivity contribution in [1.29, 1.82) is 0 Å². The first kappa shape index (κ1) is 22.8. The number of aryl methyl sites for hydroxylation is 1. The summed E-state index contributed by atoms with van der Waals surface area (Å²) < 4.78 is 13.9. The normalized spacial score (nSPS) is 18.7. The van der Waals surface area contributed by atoms with Crippen molar-refractivity contribution in [2.45, 2.75) is 32.7 Å². The summed E-state index contributed by atoms with van der Waals surface area (Å²) in [5.74, 6) is -0.675. The second kappa shape index (κ2) is 9.85. The van der Waals surface area contributed by atoms with Crippen molar-refractivity contribution < 1.29 is 14.0 Å². The van der Waals surface area contributed by atoms with Crippen LogP contribution in [0.5, 0.6) is 0 Å². The van der Waals surface area contributed by atoms with E-state index in [0.717, 1.165) is 18.4 Å². The van der Waals surface area contributed by atoms with Crippen LogP contribution in [0.3, 0.4) is 0 Å². The van der Waals surface area contributed by atoms with Gasteiger partial charge in [-0.2, -0.15) is 0 Å². The largest absolute Gasteiger partial charge is 0.334 e. The van der Waals surface area contributed by atoms with Crippen LogP contribution < -0.4 is 11.1 Å². The average molecular weight is 420 g/mol. The third-order valence-corrected chi connectivity index (χ3v) is 5.36. The van der Waals surface area contributed by atoms with E-state index >= 15 is 0 Å². The van der Waals surface area contributed by atoms with Gasteiger partial charge in [0.25, 0.3) is 11.8 Å². The van der Waals surface area contributed by atoms with Crippen LogP contribution in [0.1, 0.15) is 46.0 Å². The first-order chi connectivity index (χ1) is 13.4. The Morgan fingerprint density at radius 3 is 2.66 bits per heavy atom. The lowest BCUT2D eigenvalue weighted by molar-refractivity contribution is 0.0573. The van der Waals surface area contributed by atoms with E-state index in [1.54, 1.807) is 24.3 Å². The number of amides is 2. The van der Waals surface area contributed by atoms with Crippen molar-refractivity contribution in [2.24, 2.45) is 11.7 Å². The van der Waals surface area contributed by atoms with Gasteiger partial charge < -0.3 is 16.0 Å². The van der Waals surface area contributed by atoms with E-state index in [9.17, 15) is 14.0 Å². The third kappa shape index (κ3) is 5.14. The van der Waals surface area contributed by atoms with E-state index in [0.29, 0.717) is 30.3 Å². The van der Waals surface area contributed by atoms with Crippen LogP contribution in [0.25, 0.3) is 0 Å². The maximum absolute atomic E-state index is 13.9. The minimum absolute atomic E-state index is 0. The number of nitrogens with two attached hydrogens (primary N) is 1. The molecule has 0 bridgehead atoms. The zero-order valence-electron chi connectivity index (χ0n) is 16.7. The van der Waals surface area contributed by atoms with Crippen molar-refractivity contribution in [2.75, 3.05) is 18.4 Å². The molecule has 3 rings (SSSR count). The highest BCUT2D eigenvalue weighted by atomic mass is 35.5. The molecule has 2 atom stereocenters. The molecule has 1 saturated heterocycles. The molecule has 0 radical (unpaired) electrons. The zero-order valence-corrected chi connectivity index (χ0v) is 17.5. The van der Waals surface area contributed by atoms with Crippen LogP contribution in [0.15, 0.2) is 42.5 Å². The molecule has 2 unspecified atom stereocenters. The molecule has 1 fully saturated rings. The van der Waals surface area contributed by atoms with Crippen LogP contribution in [0.4, 0.5) is 10.1 Å². The number of benzene rings is 2. The molecular weight excluding hydrogens is 393 g/mol. The van der Waals surface area contributed by atoms with Gasteiger partial charge in [-0.25, -0.2) is 4.39 Å². The summed E-state index contributed by atoms with van der Waals surface area (Å²) in [5.41, 5.74) is 7.63. The molecule has 5 nitrogen and oxygen atoms in total. The van der Waals surface area contributed by atoms with Gasteiger partial charge >= 0.3 is 0 Å². The van der Waals surface area contributed by atoms with E-state index < -0.39 is 11.7 Å². The molecule has 1 aliphatic rings. The van der Waals surface area contributed by atoms with Crippen LogP contribution in [-0.4, -0.2) is 35.8 Å². The molecule has 156 valence electrons. The van der Waals surface area contributed by atoms with Crippen molar-refractivity contribution >= 4 is 29.9 Å². The van der Waals surface area contributed by atoms with Gasteiger partial charge in [0, 0.05) is 30.4 Å². The quantitative estimate of drug-likeness (QED) is 0.786. The molecule has 1 aliphatic heterocycles. The van der Waals surface area contributed by atoms with Crippen LogP contribution in [-0.2, 0) is 0 Å². The molecular formula is C22H27ClFN3O2. The van der Waals surface area contributed by atoms with Crippen molar-refractivity contribution in [3.05, 3.63) is 65.0 Å². The maximum Gasteiger partial charge on any atom is 0.258 e. The van der Waals surface area contributed by atoms with Gasteiger partial charge in [-0.15, -0.1) is 12.4 Å². The number of carbonyl (C=O) groups is 2. The number of nitrogens with one attached hydrogen (secondary N) is 1. The van der Waals surface area contributed by atoms with Crippen LogP contribution >= 0.6 is 12.4 Å². The first-order valence-corrected chi connectivity index (χ1v) is 9.58. The average Bonchev–Trinajstić information content (AvgIpc) is 2.69. The fraction of sp³-hybridized carbons (Fsp3) is 0.364. The molecule has 7 heteroatoms. The smallest absolute Gasteiger partial charge is 0.258 e. The Morgan fingerprint density at radius 2 is 1.97 bits per heavy atom. The van der Waals surface area contributed by atoms with Crippen molar-refractivity contribution in [1.82, 2.24) is 4.90 Å². The lowest BCUT2D eigenvalue weighted by Crippen LogP contribution is -2.49. The highest BCUT2D eigenvalue weighted by molar-refractivity contribution is 6.05. The van der Waals surface area contributed by atoms with Crippen molar-refractivity contribution in [3.63, 3.8) is 0 Å². The van der Waals surface area contributed by atoms with Crippen molar-refractivity contribution in [3.8, 4) is 0 Å². The summed E-state index contributed by atoms with van der Waals surface area (Å²) in [6.07, 6.45) is 1.84. The summed E-state index contributed by atoms with van der Waals surface area (Å²) >= 11 is 0. The second-order valence-corrected chi connectivity index (χ2v) is 7.48. The molecule has 0 aromatic heterocycles. The predicted molar refractivity (Wildman–Crippen MR) is 115 cm³/mol. The van der Waals surface area contributed by atoms with Gasteiger partial charge in [0.15, 0.2) is 0 Å². The lowest BCUT2D eigenvalue weighted by Gasteiger charge is -2.38. The lowest BCUT2D eigenvalue weighted by atomic mass is 9.91. The molecule has 29 heavy (non-hydrogen) atoms. The number of rotatable bonds is 4. The van der Waals surface area contributed by atoms with Gasteiger partial charge in [-0.1, -0.05) is 25.1 Å². The maximum atomic E-state index is 13.9. The summed E-state index contributed by atoms with van der Waals surface area (Å²) in [5, 5.41) is 2.72. The minimum Gasteiger partial charge on any atom is -0.334 e. The molecule has 0 aliphatic carbocycles. The summed E-state index contributed by atoms with van der Waals surface area (Å²) in [7, 11) is 0. The number of nitrogens with zero attached hydrogens (tertiary/aromatic N) is 1. The first-order valence-electron chi connectivity index (χ1n) is 9.58. The Morgan fingerprint density at radius 1 is 1.24 bits per heavy atom. The summed E-state index contributed by atoms with van der Waals surface area (Å²) in [4.78, 5) is 27.3. The number of likely N-dealkylation sites (tertiary alicyclic amines) is 1. The van der Waals surface area contributed by atoms with Crippen LogP contribution in [0, 0.1) is 18.7 Å². The van der Waals surface area contributed by atoms with E-state index in [4.69, 9.17) is 5.73 Å². The Kier molecular flexibility index (Phi) is 7.76. The topological polar surface area (TPSA) is 75.4 Å². The molecule has 2 aromatic rings. The predicted octanol–water partition coefficient (Wildman–Crippen LogP) is 4.01. The number of anilines is 1. The second-order valence-electron chi connectivity index (χ2n) is 7.48. The van der Waals surface area contributed by atoms with Gasteiger partial charge in [0.05, 0.1) is 5.56 Å². The van der Waals surface area contributed by atoms with Gasteiger partial charge in [0.1, 0.15) is 5.82 Å². The zero-order chi connectivity index (χ0) is 20.3. The molecule has 0 spiro atoms. The number of hydrogen-bond donors (Lipinski definition) is 2. The number of hydrogen-bond acceptors (Lipinski definition) is 3. The van der Waals surface area contributed by atoms with Gasteiger partial charge in [-0.3, -0.25) is 9.59 Å². The Labute approximate surface area is 176 Å². The molecule has 3 N–H and O–H groups in total. The highest BCUT2D eigenvalue weighted by Crippen LogP contribution is 2.25. The molecule has 1 heterocycles. The standard InChI is InChI=1S/C22H26FN3O2.ClH/c1-14-9-10-26(17(11-14)13-24)22(28)16-8-7-15(2)20(12-16)25-21(27)18-5-3-4-6-19(18)23;/h3-8,12,14,17H,9-11,13,24H2,1-2H3,(H,25,27);1H. The number of piperidine rings is 1. The number of carbonyl (C=O) groups excluding carboxylic acids is 2. The fourth-order valence-corrected chi connectivity index (χ4v) is 3.63. The van der Waals surface area contributed by atoms with E-state index in [1.807, 2.05) is 11.8 Å². The SMILES string of the molecule is Cc1ccc(C(=O)N2CCC(C)CC2CN)cc1NC(=O)c1ccccc1F.Cl. The van der Waals surface area contributed by atoms with E-state index in [-0.39, 0.29) is 29.9 Å². The molecule has 0 saturated carbocycles. The third-order valence-electron chi connectivity index (χ3n) is 5.36. The van der Waals surface area contributed by atoms with Gasteiger partial charge in [-0.05, 0) is 55.5 Å². The molecule has 2 amide bonds. The van der Waals surface area contributed by atoms with E-state index in [1.165, 1.54) is 18.2 Å². The fourth-order valence-electron chi connectivity index (χ4n) is 3.63. The Bertz CT molecular complexity index is 890. The summed E-state index contributed by atoms with van der Waals surface area (Å²) in [6.45, 7) is 5.11. The van der Waals surface area contributed by atoms with Crippen LogP contribution in [0.2, 0.25) is 0 Å². The summed E-state index contributed by atoms with van der Waals surface area (Å²) in [6, 6.07) is 11.0. The minimum atomic E-state index is -0.585. The Balaban J connectivity index is 0.00000300. The van der Waals surface area contributed by atoms with E-state index in [2.05, 4.69) is 12.2 Å². The highest BCUT2D eigenvalue weighted by Gasteiger charge is 2.29. The number of halogens is 2. The van der Waals surface area contributed by atoms with Gasteiger partial charge in [0.2, 0.25) is 0 Å². The molecule has 2 aromatic carbocycles. The monoisotopic (exact) mass is 419 g/mol. The Hall–Kier alpha value is -2.44.